The number of anilines is 1. The second kappa shape index (κ2) is 4.70. The minimum atomic E-state index is -0.283. The number of rotatable bonds is 3. The second-order valence-electron chi connectivity index (χ2n) is 3.78. The van der Waals surface area contributed by atoms with Crippen molar-refractivity contribution in [3.63, 3.8) is 0 Å². The van der Waals surface area contributed by atoms with E-state index in [1.807, 2.05) is 24.3 Å². The molecule has 1 aromatic carbocycles. The van der Waals surface area contributed by atoms with Crippen LogP contribution in [0.25, 0.3) is 10.2 Å². The average Bonchev–Trinajstić information content (AvgIpc) is 2.82. The number of benzene rings is 1. The van der Waals surface area contributed by atoms with Crippen molar-refractivity contribution in [2.75, 3.05) is 5.32 Å². The molecule has 0 aliphatic carbocycles. The first-order valence-electron chi connectivity index (χ1n) is 5.52. The number of hydrogen-bond donors (Lipinski definition) is 1. The molecule has 5 heteroatoms. The molecule has 0 atom stereocenters. The predicted molar refractivity (Wildman–Crippen MR) is 71.1 cm³/mol. The summed E-state index contributed by atoms with van der Waals surface area (Å²) < 4.78 is 14.3. The van der Waals surface area contributed by atoms with Crippen molar-refractivity contribution in [1.82, 2.24) is 9.97 Å². The Balaban J connectivity index is 1.81. The molecule has 1 N–H and O–H groups in total. The van der Waals surface area contributed by atoms with E-state index < -0.39 is 0 Å². The van der Waals surface area contributed by atoms with Crippen molar-refractivity contribution in [3.05, 3.63) is 54.1 Å². The van der Waals surface area contributed by atoms with Gasteiger partial charge in [0.2, 0.25) is 0 Å². The van der Waals surface area contributed by atoms with E-state index in [1.165, 1.54) is 17.4 Å². The van der Waals surface area contributed by atoms with Gasteiger partial charge in [0.15, 0.2) is 5.13 Å². The van der Waals surface area contributed by atoms with E-state index in [0.29, 0.717) is 17.2 Å². The van der Waals surface area contributed by atoms with Crippen molar-refractivity contribution in [2.45, 2.75) is 6.54 Å². The lowest BCUT2D eigenvalue weighted by Crippen LogP contribution is -2.00. The van der Waals surface area contributed by atoms with Crippen LogP contribution in [-0.2, 0) is 6.54 Å². The van der Waals surface area contributed by atoms with Gasteiger partial charge in [-0.25, -0.2) is 9.37 Å². The molecule has 0 saturated heterocycles. The summed E-state index contributed by atoms with van der Waals surface area (Å²) in [6.07, 6.45) is 1.75. The molecule has 0 fully saturated rings. The first kappa shape index (κ1) is 11.1. The smallest absolute Gasteiger partial charge is 0.184 e. The fourth-order valence-corrected chi connectivity index (χ4v) is 2.54. The van der Waals surface area contributed by atoms with Gasteiger partial charge in [-0.2, -0.15) is 0 Å². The van der Waals surface area contributed by atoms with Crippen molar-refractivity contribution >= 4 is 26.7 Å². The van der Waals surface area contributed by atoms with Crippen LogP contribution in [0.2, 0.25) is 0 Å². The number of halogens is 1. The maximum atomic E-state index is 13.5. The lowest BCUT2D eigenvalue weighted by molar-refractivity contribution is 0.637. The third-order valence-corrected chi connectivity index (χ3v) is 3.49. The maximum Gasteiger partial charge on any atom is 0.184 e. The van der Waals surface area contributed by atoms with Crippen LogP contribution in [-0.4, -0.2) is 9.97 Å². The van der Waals surface area contributed by atoms with Crippen molar-refractivity contribution < 1.29 is 4.39 Å². The van der Waals surface area contributed by atoms with E-state index in [1.54, 1.807) is 12.3 Å². The zero-order valence-corrected chi connectivity index (χ0v) is 10.2. The topological polar surface area (TPSA) is 37.8 Å². The largest absolute Gasteiger partial charge is 0.356 e. The molecule has 0 bridgehead atoms. The molecule has 3 aromatic rings. The SMILES string of the molecule is Fc1cccc2sc(NCc3ccccn3)nc12. The second-order valence-corrected chi connectivity index (χ2v) is 4.81. The van der Waals surface area contributed by atoms with Gasteiger partial charge in [0.05, 0.1) is 16.9 Å². The Labute approximate surface area is 107 Å². The molecule has 0 radical (unpaired) electrons. The first-order valence-corrected chi connectivity index (χ1v) is 6.33. The number of aromatic nitrogens is 2. The van der Waals surface area contributed by atoms with Gasteiger partial charge < -0.3 is 5.32 Å². The Morgan fingerprint density at radius 3 is 2.89 bits per heavy atom. The van der Waals surface area contributed by atoms with Crippen molar-refractivity contribution in [2.24, 2.45) is 0 Å². The molecule has 0 unspecified atom stereocenters. The highest BCUT2D eigenvalue weighted by Crippen LogP contribution is 2.27. The average molecular weight is 259 g/mol. The molecule has 0 amide bonds. The molecule has 90 valence electrons. The number of pyridine rings is 1. The molecule has 0 aliphatic heterocycles. The lowest BCUT2D eigenvalue weighted by Gasteiger charge is -2.00. The van der Waals surface area contributed by atoms with Crippen LogP contribution in [0.1, 0.15) is 5.69 Å². The first-order chi connectivity index (χ1) is 8.83. The molecule has 2 heterocycles. The zero-order chi connectivity index (χ0) is 12.4. The Hall–Kier alpha value is -2.01. The van der Waals surface area contributed by atoms with E-state index in [-0.39, 0.29) is 5.82 Å². The van der Waals surface area contributed by atoms with Crippen LogP contribution in [0.4, 0.5) is 9.52 Å². The molecule has 2 aromatic heterocycles. The van der Waals surface area contributed by atoms with Gasteiger partial charge in [0.1, 0.15) is 11.3 Å². The van der Waals surface area contributed by atoms with E-state index in [2.05, 4.69) is 15.3 Å². The van der Waals surface area contributed by atoms with Crippen LogP contribution in [0.5, 0.6) is 0 Å². The summed E-state index contributed by atoms with van der Waals surface area (Å²) in [5.74, 6) is -0.283. The monoisotopic (exact) mass is 259 g/mol. The third-order valence-electron chi connectivity index (χ3n) is 2.52. The molecule has 0 aliphatic rings. The minimum absolute atomic E-state index is 0.283. The van der Waals surface area contributed by atoms with Gasteiger partial charge in [-0.05, 0) is 24.3 Å². The molecule has 0 spiro atoms. The Kier molecular flexibility index (Phi) is 2.90. The van der Waals surface area contributed by atoms with Gasteiger partial charge >= 0.3 is 0 Å². The standard InChI is InChI=1S/C13H10FN3S/c14-10-5-3-6-11-12(10)17-13(18-11)16-8-9-4-1-2-7-15-9/h1-7H,8H2,(H,16,17). The minimum Gasteiger partial charge on any atom is -0.356 e. The fourth-order valence-electron chi connectivity index (χ4n) is 1.66. The molecule has 0 saturated carbocycles. The summed E-state index contributed by atoms with van der Waals surface area (Å²) in [7, 11) is 0. The number of nitrogens with zero attached hydrogens (tertiary/aromatic N) is 2. The molecule has 3 rings (SSSR count). The van der Waals surface area contributed by atoms with E-state index in [9.17, 15) is 4.39 Å². The highest BCUT2D eigenvalue weighted by molar-refractivity contribution is 7.22. The Bertz CT molecular complexity index is 666. The van der Waals surface area contributed by atoms with Gasteiger partial charge in [-0.3, -0.25) is 4.98 Å². The lowest BCUT2D eigenvalue weighted by atomic mass is 10.3. The van der Waals surface area contributed by atoms with Gasteiger partial charge in [-0.1, -0.05) is 23.5 Å². The van der Waals surface area contributed by atoms with Crippen LogP contribution < -0.4 is 5.32 Å². The molecule has 18 heavy (non-hydrogen) atoms. The molecular weight excluding hydrogens is 249 g/mol. The predicted octanol–water partition coefficient (Wildman–Crippen LogP) is 3.44. The summed E-state index contributed by atoms with van der Waals surface area (Å²) >= 11 is 1.44. The Morgan fingerprint density at radius 1 is 1.17 bits per heavy atom. The summed E-state index contributed by atoms with van der Waals surface area (Å²) in [6.45, 7) is 0.586. The van der Waals surface area contributed by atoms with Crippen molar-refractivity contribution in [1.29, 1.82) is 0 Å². The highest BCUT2D eigenvalue weighted by Gasteiger charge is 2.07. The van der Waals surface area contributed by atoms with Gasteiger partial charge in [-0.15, -0.1) is 0 Å². The number of nitrogens with one attached hydrogen (secondary N) is 1. The van der Waals surface area contributed by atoms with Gasteiger partial charge in [0, 0.05) is 6.20 Å². The van der Waals surface area contributed by atoms with E-state index >= 15 is 0 Å². The Morgan fingerprint density at radius 2 is 2.11 bits per heavy atom. The van der Waals surface area contributed by atoms with Crippen LogP contribution in [0.15, 0.2) is 42.6 Å². The fraction of sp³-hybridized carbons (Fsp3) is 0.0769. The number of para-hydroxylation sites is 1. The maximum absolute atomic E-state index is 13.5. The van der Waals surface area contributed by atoms with Crippen LogP contribution >= 0.6 is 11.3 Å². The quantitative estimate of drug-likeness (QED) is 0.783. The normalized spacial score (nSPS) is 10.7. The van der Waals surface area contributed by atoms with E-state index in [0.717, 1.165) is 10.4 Å². The highest BCUT2D eigenvalue weighted by atomic mass is 32.1. The van der Waals surface area contributed by atoms with Crippen LogP contribution in [0, 0.1) is 5.82 Å². The number of fused-ring (bicyclic) bond motifs is 1. The summed E-state index contributed by atoms with van der Waals surface area (Å²) in [5, 5.41) is 3.86. The van der Waals surface area contributed by atoms with Crippen LogP contribution in [0.3, 0.4) is 0 Å². The number of thiazole rings is 1. The number of hydrogen-bond acceptors (Lipinski definition) is 4. The third kappa shape index (κ3) is 2.17. The van der Waals surface area contributed by atoms with E-state index in [4.69, 9.17) is 0 Å². The van der Waals surface area contributed by atoms with Gasteiger partial charge in [0.25, 0.3) is 0 Å². The molecular formula is C13H10FN3S. The molecule has 3 nitrogen and oxygen atoms in total. The summed E-state index contributed by atoms with van der Waals surface area (Å²) in [5.41, 5.74) is 1.35. The summed E-state index contributed by atoms with van der Waals surface area (Å²) in [6, 6.07) is 10.7. The zero-order valence-electron chi connectivity index (χ0n) is 9.43. The van der Waals surface area contributed by atoms with Crippen molar-refractivity contribution in [3.8, 4) is 0 Å². The summed E-state index contributed by atoms with van der Waals surface area (Å²) in [4.78, 5) is 8.44.